The van der Waals surface area contributed by atoms with E-state index in [-0.39, 0.29) is 11.9 Å². The lowest BCUT2D eigenvalue weighted by atomic mass is 10.2. The minimum absolute atomic E-state index is 0.199. The SMILES string of the molecule is CCC(NCCCOCC(C)C)C(N)=O. The Labute approximate surface area is 92.6 Å². The lowest BCUT2D eigenvalue weighted by Gasteiger charge is -2.13. The second-order valence-electron chi connectivity index (χ2n) is 4.14. The Morgan fingerprint density at radius 1 is 1.47 bits per heavy atom. The summed E-state index contributed by atoms with van der Waals surface area (Å²) in [6, 6.07) is -0.199. The molecular weight excluding hydrogens is 192 g/mol. The molecule has 0 radical (unpaired) electrons. The fourth-order valence-corrected chi connectivity index (χ4v) is 1.22. The summed E-state index contributed by atoms with van der Waals surface area (Å²) in [6.45, 7) is 8.50. The van der Waals surface area contributed by atoms with Crippen molar-refractivity contribution in [3.63, 3.8) is 0 Å². The van der Waals surface area contributed by atoms with Gasteiger partial charge in [0, 0.05) is 13.2 Å². The molecule has 0 aromatic rings. The highest BCUT2D eigenvalue weighted by atomic mass is 16.5. The van der Waals surface area contributed by atoms with Gasteiger partial charge in [-0.2, -0.15) is 0 Å². The van der Waals surface area contributed by atoms with Crippen LogP contribution >= 0.6 is 0 Å². The van der Waals surface area contributed by atoms with Gasteiger partial charge in [0.15, 0.2) is 0 Å². The Bertz CT molecular complexity index is 172. The number of nitrogens with two attached hydrogens (primary N) is 1. The molecule has 0 aliphatic carbocycles. The summed E-state index contributed by atoms with van der Waals surface area (Å²) in [5.74, 6) is 0.299. The maximum absolute atomic E-state index is 10.9. The Morgan fingerprint density at radius 2 is 2.13 bits per heavy atom. The minimum atomic E-state index is -0.277. The van der Waals surface area contributed by atoms with Crippen molar-refractivity contribution in [3.05, 3.63) is 0 Å². The van der Waals surface area contributed by atoms with Gasteiger partial charge in [-0.05, 0) is 25.3 Å². The molecule has 4 heteroatoms. The molecule has 0 fully saturated rings. The number of carbonyl (C=O) groups is 1. The van der Waals surface area contributed by atoms with Gasteiger partial charge in [-0.15, -0.1) is 0 Å². The summed E-state index contributed by atoms with van der Waals surface area (Å²) in [5, 5.41) is 3.10. The molecular formula is C11H24N2O2. The van der Waals surface area contributed by atoms with E-state index in [1.807, 2.05) is 6.92 Å². The third-order valence-electron chi connectivity index (χ3n) is 2.06. The predicted molar refractivity (Wildman–Crippen MR) is 61.6 cm³/mol. The van der Waals surface area contributed by atoms with E-state index in [9.17, 15) is 4.79 Å². The van der Waals surface area contributed by atoms with Crippen molar-refractivity contribution in [2.24, 2.45) is 11.7 Å². The van der Waals surface area contributed by atoms with Crippen LogP contribution < -0.4 is 11.1 Å². The zero-order valence-electron chi connectivity index (χ0n) is 10.1. The highest BCUT2D eigenvalue weighted by Crippen LogP contribution is 1.94. The fraction of sp³-hybridized carbons (Fsp3) is 0.909. The van der Waals surface area contributed by atoms with Crippen LogP contribution in [0.15, 0.2) is 0 Å². The highest BCUT2D eigenvalue weighted by molar-refractivity contribution is 5.79. The van der Waals surface area contributed by atoms with Crippen molar-refractivity contribution in [1.29, 1.82) is 0 Å². The van der Waals surface area contributed by atoms with E-state index >= 15 is 0 Å². The normalized spacial score (nSPS) is 13.1. The summed E-state index contributed by atoms with van der Waals surface area (Å²) in [5.41, 5.74) is 5.20. The smallest absolute Gasteiger partial charge is 0.234 e. The number of ether oxygens (including phenoxy) is 1. The molecule has 1 unspecified atom stereocenters. The topological polar surface area (TPSA) is 64.3 Å². The van der Waals surface area contributed by atoms with E-state index in [0.717, 1.165) is 32.6 Å². The van der Waals surface area contributed by atoms with Gasteiger partial charge in [0.2, 0.25) is 5.91 Å². The van der Waals surface area contributed by atoms with Crippen LogP contribution in [-0.2, 0) is 9.53 Å². The van der Waals surface area contributed by atoms with E-state index in [1.165, 1.54) is 0 Å². The zero-order chi connectivity index (χ0) is 11.7. The molecule has 0 rings (SSSR count). The monoisotopic (exact) mass is 216 g/mol. The van der Waals surface area contributed by atoms with Gasteiger partial charge in [-0.25, -0.2) is 0 Å². The Morgan fingerprint density at radius 3 is 2.60 bits per heavy atom. The quantitative estimate of drug-likeness (QED) is 0.563. The lowest BCUT2D eigenvalue weighted by Crippen LogP contribution is -2.41. The molecule has 0 heterocycles. The number of hydrogen-bond donors (Lipinski definition) is 2. The van der Waals surface area contributed by atoms with Crippen LogP contribution in [0.2, 0.25) is 0 Å². The zero-order valence-corrected chi connectivity index (χ0v) is 10.1. The molecule has 0 spiro atoms. The second kappa shape index (κ2) is 8.68. The highest BCUT2D eigenvalue weighted by Gasteiger charge is 2.10. The minimum Gasteiger partial charge on any atom is -0.381 e. The summed E-state index contributed by atoms with van der Waals surface area (Å²) < 4.78 is 5.41. The number of rotatable bonds is 9. The van der Waals surface area contributed by atoms with Crippen molar-refractivity contribution < 1.29 is 9.53 Å². The first-order valence-electron chi connectivity index (χ1n) is 5.68. The van der Waals surface area contributed by atoms with Crippen molar-refractivity contribution in [2.75, 3.05) is 19.8 Å². The Balaban J connectivity index is 3.33. The predicted octanol–water partition coefficient (Wildman–Crippen LogP) is 0.903. The summed E-state index contributed by atoms with van der Waals surface area (Å²) in [6.07, 6.45) is 1.65. The molecule has 0 saturated heterocycles. The molecule has 0 aliphatic heterocycles. The van der Waals surface area contributed by atoms with Crippen molar-refractivity contribution >= 4 is 5.91 Å². The van der Waals surface area contributed by atoms with Crippen LogP contribution in [-0.4, -0.2) is 31.7 Å². The number of amides is 1. The standard InChI is InChI=1S/C11H24N2O2/c1-4-10(11(12)14)13-6-5-7-15-8-9(2)3/h9-10,13H,4-8H2,1-3H3,(H2,12,14). The molecule has 0 aromatic carbocycles. The number of nitrogens with one attached hydrogen (secondary N) is 1. The van der Waals surface area contributed by atoms with Gasteiger partial charge in [-0.1, -0.05) is 20.8 Å². The van der Waals surface area contributed by atoms with E-state index in [4.69, 9.17) is 10.5 Å². The third-order valence-corrected chi connectivity index (χ3v) is 2.06. The Kier molecular flexibility index (Phi) is 8.33. The molecule has 4 nitrogen and oxygen atoms in total. The molecule has 0 aliphatic rings. The Hall–Kier alpha value is -0.610. The van der Waals surface area contributed by atoms with Crippen molar-refractivity contribution in [2.45, 2.75) is 39.7 Å². The number of primary amides is 1. The summed E-state index contributed by atoms with van der Waals surface area (Å²) >= 11 is 0. The maximum Gasteiger partial charge on any atom is 0.234 e. The first-order chi connectivity index (χ1) is 7.07. The van der Waals surface area contributed by atoms with E-state index in [2.05, 4.69) is 19.2 Å². The number of hydrogen-bond acceptors (Lipinski definition) is 3. The molecule has 0 saturated carbocycles. The molecule has 90 valence electrons. The van der Waals surface area contributed by atoms with Crippen LogP contribution in [0.1, 0.15) is 33.6 Å². The second-order valence-corrected chi connectivity index (χ2v) is 4.14. The average molecular weight is 216 g/mol. The van der Waals surface area contributed by atoms with Crippen molar-refractivity contribution in [3.8, 4) is 0 Å². The van der Waals surface area contributed by atoms with Gasteiger partial charge in [-0.3, -0.25) is 4.79 Å². The number of carbonyl (C=O) groups excluding carboxylic acids is 1. The maximum atomic E-state index is 10.9. The summed E-state index contributed by atoms with van der Waals surface area (Å²) in [7, 11) is 0. The van der Waals surface area contributed by atoms with Crippen LogP contribution in [0, 0.1) is 5.92 Å². The van der Waals surface area contributed by atoms with Crippen LogP contribution in [0.5, 0.6) is 0 Å². The first kappa shape index (κ1) is 14.4. The lowest BCUT2D eigenvalue weighted by molar-refractivity contribution is -0.120. The van der Waals surface area contributed by atoms with E-state index < -0.39 is 0 Å². The van der Waals surface area contributed by atoms with Crippen molar-refractivity contribution in [1.82, 2.24) is 5.32 Å². The van der Waals surface area contributed by atoms with Gasteiger partial charge in [0.1, 0.15) is 0 Å². The third kappa shape index (κ3) is 8.39. The average Bonchev–Trinajstić information content (AvgIpc) is 2.15. The molecule has 1 amide bonds. The van der Waals surface area contributed by atoms with Crippen LogP contribution in [0.3, 0.4) is 0 Å². The molecule has 0 aromatic heterocycles. The van der Waals surface area contributed by atoms with Gasteiger partial charge < -0.3 is 15.8 Å². The van der Waals surface area contributed by atoms with E-state index in [1.54, 1.807) is 0 Å². The molecule has 0 bridgehead atoms. The van der Waals surface area contributed by atoms with Gasteiger partial charge in [0.05, 0.1) is 6.04 Å². The van der Waals surface area contributed by atoms with E-state index in [0.29, 0.717) is 5.92 Å². The van der Waals surface area contributed by atoms with Crippen LogP contribution in [0.25, 0.3) is 0 Å². The molecule has 1 atom stereocenters. The van der Waals surface area contributed by atoms with Gasteiger partial charge in [0.25, 0.3) is 0 Å². The van der Waals surface area contributed by atoms with Crippen LogP contribution in [0.4, 0.5) is 0 Å². The first-order valence-corrected chi connectivity index (χ1v) is 5.68. The largest absolute Gasteiger partial charge is 0.381 e. The molecule has 3 N–H and O–H groups in total. The fourth-order valence-electron chi connectivity index (χ4n) is 1.22. The molecule has 15 heavy (non-hydrogen) atoms. The van der Waals surface area contributed by atoms with Gasteiger partial charge >= 0.3 is 0 Å². The summed E-state index contributed by atoms with van der Waals surface area (Å²) in [4.78, 5) is 10.9.